The maximum atomic E-state index is 10.9. The highest BCUT2D eigenvalue weighted by atomic mass is 16.5. The van der Waals surface area contributed by atoms with Crippen molar-refractivity contribution in [2.24, 2.45) is 0 Å². The third kappa shape index (κ3) is 5.11. The van der Waals surface area contributed by atoms with Crippen LogP contribution in [0.3, 0.4) is 0 Å². The summed E-state index contributed by atoms with van der Waals surface area (Å²) < 4.78 is 4.83. The van der Waals surface area contributed by atoms with E-state index in [4.69, 9.17) is 4.52 Å². The Kier molecular flexibility index (Phi) is 5.39. The van der Waals surface area contributed by atoms with Crippen molar-refractivity contribution in [1.82, 2.24) is 20.8 Å². The van der Waals surface area contributed by atoms with Crippen LogP contribution >= 0.6 is 0 Å². The van der Waals surface area contributed by atoms with Crippen LogP contribution in [-0.2, 0) is 11.2 Å². The zero-order valence-electron chi connectivity index (χ0n) is 8.82. The average molecular weight is 212 g/mol. The summed E-state index contributed by atoms with van der Waals surface area (Å²) in [5.41, 5.74) is 0. The van der Waals surface area contributed by atoms with Crippen molar-refractivity contribution in [2.75, 3.05) is 20.1 Å². The molecule has 0 fully saturated rings. The van der Waals surface area contributed by atoms with Crippen LogP contribution in [0.1, 0.15) is 18.7 Å². The summed E-state index contributed by atoms with van der Waals surface area (Å²) in [5, 5.41) is 9.28. The second-order valence-corrected chi connectivity index (χ2v) is 3.11. The number of hydrogen-bond donors (Lipinski definition) is 2. The van der Waals surface area contributed by atoms with Gasteiger partial charge in [-0.2, -0.15) is 4.98 Å². The van der Waals surface area contributed by atoms with Gasteiger partial charge in [-0.25, -0.2) is 0 Å². The minimum absolute atomic E-state index is 0.0775. The first-order valence-corrected chi connectivity index (χ1v) is 5.00. The van der Waals surface area contributed by atoms with Crippen molar-refractivity contribution >= 4 is 5.91 Å². The molecule has 84 valence electrons. The zero-order chi connectivity index (χ0) is 10.9. The molecule has 1 amide bonds. The largest absolute Gasteiger partial charge is 0.359 e. The topological polar surface area (TPSA) is 80.0 Å². The van der Waals surface area contributed by atoms with Crippen molar-refractivity contribution in [3.8, 4) is 0 Å². The predicted molar refractivity (Wildman–Crippen MR) is 54.2 cm³/mol. The van der Waals surface area contributed by atoms with Crippen LogP contribution in [0.2, 0.25) is 0 Å². The van der Waals surface area contributed by atoms with E-state index < -0.39 is 0 Å². The predicted octanol–water partition coefficient (Wildman–Crippen LogP) is -0.272. The minimum atomic E-state index is 0.0775. The van der Waals surface area contributed by atoms with E-state index in [2.05, 4.69) is 20.8 Å². The highest BCUT2D eigenvalue weighted by Crippen LogP contribution is 1.91. The summed E-state index contributed by atoms with van der Waals surface area (Å²) in [6.07, 6.45) is 3.51. The number of carbonyl (C=O) groups is 1. The molecule has 6 nitrogen and oxygen atoms in total. The van der Waals surface area contributed by atoms with E-state index in [0.717, 1.165) is 25.9 Å². The molecule has 0 radical (unpaired) electrons. The van der Waals surface area contributed by atoms with E-state index in [9.17, 15) is 4.79 Å². The fourth-order valence-electron chi connectivity index (χ4n) is 1.13. The van der Waals surface area contributed by atoms with Crippen LogP contribution < -0.4 is 10.6 Å². The molecule has 0 saturated carbocycles. The lowest BCUT2D eigenvalue weighted by molar-refractivity contribution is -0.120. The lowest BCUT2D eigenvalue weighted by Gasteiger charge is -2.02. The molecule has 1 aromatic rings. The minimum Gasteiger partial charge on any atom is -0.359 e. The van der Waals surface area contributed by atoms with Crippen LogP contribution in [0.4, 0.5) is 0 Å². The Morgan fingerprint density at radius 3 is 3.07 bits per heavy atom. The van der Waals surface area contributed by atoms with Gasteiger partial charge >= 0.3 is 0 Å². The number of nitrogens with one attached hydrogen (secondary N) is 2. The molecular weight excluding hydrogens is 196 g/mol. The van der Waals surface area contributed by atoms with Crippen LogP contribution in [0.5, 0.6) is 0 Å². The molecule has 0 saturated heterocycles. The summed E-state index contributed by atoms with van der Waals surface area (Å²) in [6.45, 7) is 1.61. The Balaban J connectivity index is 1.91. The van der Waals surface area contributed by atoms with Gasteiger partial charge in [0.15, 0.2) is 6.33 Å². The molecule has 0 atom stereocenters. The number of rotatable bonds is 7. The van der Waals surface area contributed by atoms with Gasteiger partial charge in [-0.05, 0) is 13.0 Å². The highest BCUT2D eigenvalue weighted by Gasteiger charge is 1.99. The van der Waals surface area contributed by atoms with Crippen molar-refractivity contribution in [2.45, 2.75) is 19.3 Å². The third-order valence-corrected chi connectivity index (χ3v) is 1.96. The summed E-state index contributed by atoms with van der Waals surface area (Å²) in [6, 6.07) is 0. The van der Waals surface area contributed by atoms with Crippen LogP contribution in [0.25, 0.3) is 0 Å². The lowest BCUT2D eigenvalue weighted by Crippen LogP contribution is -2.22. The first-order valence-electron chi connectivity index (χ1n) is 5.00. The van der Waals surface area contributed by atoms with Crippen molar-refractivity contribution in [3.05, 3.63) is 12.2 Å². The van der Waals surface area contributed by atoms with E-state index >= 15 is 0 Å². The molecule has 0 aliphatic rings. The molecule has 0 aromatic carbocycles. The Morgan fingerprint density at radius 2 is 2.40 bits per heavy atom. The maximum absolute atomic E-state index is 10.9. The van der Waals surface area contributed by atoms with E-state index in [1.807, 2.05) is 0 Å². The van der Waals surface area contributed by atoms with Crippen LogP contribution in [0, 0.1) is 0 Å². The fourth-order valence-corrected chi connectivity index (χ4v) is 1.13. The Labute approximate surface area is 88.4 Å². The van der Waals surface area contributed by atoms with Gasteiger partial charge in [-0.3, -0.25) is 4.79 Å². The Hall–Kier alpha value is -1.43. The van der Waals surface area contributed by atoms with Crippen LogP contribution in [0.15, 0.2) is 10.9 Å². The molecule has 0 spiro atoms. The third-order valence-electron chi connectivity index (χ3n) is 1.96. The second-order valence-electron chi connectivity index (χ2n) is 3.11. The van der Waals surface area contributed by atoms with E-state index in [1.54, 1.807) is 7.05 Å². The van der Waals surface area contributed by atoms with Crippen molar-refractivity contribution in [1.29, 1.82) is 0 Å². The molecule has 1 heterocycles. The second kappa shape index (κ2) is 6.94. The molecule has 1 rings (SSSR count). The van der Waals surface area contributed by atoms with E-state index in [1.165, 1.54) is 6.33 Å². The van der Waals surface area contributed by atoms with E-state index in [0.29, 0.717) is 12.3 Å². The quantitative estimate of drug-likeness (QED) is 0.608. The van der Waals surface area contributed by atoms with Gasteiger partial charge in [0.2, 0.25) is 11.8 Å². The fraction of sp³-hybridized carbons (Fsp3) is 0.667. The normalized spacial score (nSPS) is 10.2. The Bertz CT molecular complexity index is 274. The molecular formula is C9H16N4O2. The molecule has 0 aliphatic heterocycles. The molecule has 0 unspecified atom stereocenters. The number of amides is 1. The van der Waals surface area contributed by atoms with Crippen molar-refractivity contribution < 1.29 is 9.32 Å². The maximum Gasteiger partial charge on any atom is 0.227 e. The molecule has 0 aliphatic carbocycles. The van der Waals surface area contributed by atoms with Gasteiger partial charge < -0.3 is 15.2 Å². The summed E-state index contributed by atoms with van der Waals surface area (Å²) in [5.74, 6) is 0.711. The molecule has 15 heavy (non-hydrogen) atoms. The van der Waals surface area contributed by atoms with Gasteiger partial charge in [0.25, 0.3) is 0 Å². The average Bonchev–Trinajstić information content (AvgIpc) is 2.75. The molecule has 2 N–H and O–H groups in total. The smallest absolute Gasteiger partial charge is 0.227 e. The van der Waals surface area contributed by atoms with Crippen LogP contribution in [-0.4, -0.2) is 36.2 Å². The molecule has 1 aromatic heterocycles. The monoisotopic (exact) mass is 212 g/mol. The number of carbonyl (C=O) groups excluding carboxylic acids is 1. The van der Waals surface area contributed by atoms with Gasteiger partial charge in [0.1, 0.15) is 0 Å². The summed E-state index contributed by atoms with van der Waals surface area (Å²) in [7, 11) is 1.64. The van der Waals surface area contributed by atoms with E-state index in [-0.39, 0.29) is 5.91 Å². The first kappa shape index (κ1) is 11.6. The lowest BCUT2D eigenvalue weighted by atomic mass is 10.3. The highest BCUT2D eigenvalue weighted by molar-refractivity contribution is 5.75. The van der Waals surface area contributed by atoms with Gasteiger partial charge in [0.05, 0.1) is 0 Å². The number of nitrogens with zero attached hydrogens (tertiary/aromatic N) is 2. The SMILES string of the molecule is CNC(=O)CCCNCCc1ncno1. The summed E-state index contributed by atoms with van der Waals surface area (Å²) >= 11 is 0. The molecule has 6 heteroatoms. The summed E-state index contributed by atoms with van der Waals surface area (Å²) in [4.78, 5) is 14.8. The Morgan fingerprint density at radius 1 is 1.53 bits per heavy atom. The number of hydrogen-bond acceptors (Lipinski definition) is 5. The van der Waals surface area contributed by atoms with Gasteiger partial charge in [-0.1, -0.05) is 5.16 Å². The standard InChI is InChI=1S/C9H16N4O2/c1-10-8(14)3-2-5-11-6-4-9-12-7-13-15-9/h7,11H,2-6H2,1H3,(H,10,14). The first-order chi connectivity index (χ1) is 7.33. The molecule has 0 bridgehead atoms. The van der Waals surface area contributed by atoms with Crippen molar-refractivity contribution in [3.63, 3.8) is 0 Å². The van der Waals surface area contributed by atoms with Gasteiger partial charge in [-0.15, -0.1) is 0 Å². The van der Waals surface area contributed by atoms with Gasteiger partial charge in [0, 0.05) is 26.4 Å². The zero-order valence-corrected chi connectivity index (χ0v) is 8.82. The number of aromatic nitrogens is 2.